The van der Waals surface area contributed by atoms with Crippen LogP contribution in [0.4, 0.5) is 5.69 Å². The Morgan fingerprint density at radius 1 is 1.09 bits per heavy atom. The Labute approximate surface area is 190 Å². The van der Waals surface area contributed by atoms with Gasteiger partial charge in [-0.05, 0) is 35.9 Å². The highest BCUT2D eigenvalue weighted by atomic mass is 16.4. The summed E-state index contributed by atoms with van der Waals surface area (Å²) in [7, 11) is 0. The van der Waals surface area contributed by atoms with Gasteiger partial charge in [0.05, 0.1) is 23.1 Å². The molecule has 0 spiro atoms. The third-order valence-electron chi connectivity index (χ3n) is 5.52. The number of tetrazole rings is 1. The summed E-state index contributed by atoms with van der Waals surface area (Å²) in [5, 5.41) is 24.3. The van der Waals surface area contributed by atoms with E-state index in [1.165, 1.54) is 17.5 Å². The molecule has 0 fully saturated rings. The summed E-state index contributed by atoms with van der Waals surface area (Å²) in [6.45, 7) is 2.12. The van der Waals surface area contributed by atoms with E-state index in [2.05, 4.69) is 32.6 Å². The lowest BCUT2D eigenvalue weighted by Crippen LogP contribution is -2.18. The zero-order valence-corrected chi connectivity index (χ0v) is 18.3. The van der Waals surface area contributed by atoms with Gasteiger partial charge in [-0.3, -0.25) is 4.79 Å². The smallest absolute Gasteiger partial charge is 0.326 e. The second-order valence-corrected chi connectivity index (χ2v) is 7.73. The lowest BCUT2D eigenvalue weighted by Gasteiger charge is -2.15. The number of aromatic nitrogens is 6. The first-order chi connectivity index (χ1) is 16.1. The van der Waals surface area contributed by atoms with Gasteiger partial charge >= 0.3 is 5.97 Å². The fraction of sp³-hybridized carbons (Fsp3) is 0.304. The van der Waals surface area contributed by atoms with Gasteiger partial charge in [0.2, 0.25) is 0 Å². The molecule has 2 aromatic heterocycles. The SMILES string of the molecule is CCCCCCC(C(=O)O)n1cnc2c(NC(=O)c3ccccc3-n3ncnn3)cccc21. The van der Waals surface area contributed by atoms with Crippen molar-refractivity contribution >= 4 is 28.6 Å². The van der Waals surface area contributed by atoms with Crippen LogP contribution in [0.1, 0.15) is 55.4 Å². The Kier molecular flexibility index (Phi) is 6.72. The minimum Gasteiger partial charge on any atom is -0.480 e. The number of benzene rings is 2. The maximum absolute atomic E-state index is 13.1. The molecule has 1 amide bonds. The normalized spacial score (nSPS) is 12.0. The number of aliphatic carboxylic acids is 1. The summed E-state index contributed by atoms with van der Waals surface area (Å²) in [5.41, 5.74) is 2.53. The molecule has 4 aromatic rings. The van der Waals surface area contributed by atoms with Gasteiger partial charge in [0.1, 0.15) is 17.2 Å². The van der Waals surface area contributed by atoms with Crippen LogP contribution in [0.15, 0.2) is 55.1 Å². The maximum Gasteiger partial charge on any atom is 0.326 e. The van der Waals surface area contributed by atoms with Crippen LogP contribution in [0.2, 0.25) is 0 Å². The molecule has 170 valence electrons. The van der Waals surface area contributed by atoms with Gasteiger partial charge in [0.25, 0.3) is 5.91 Å². The molecule has 0 radical (unpaired) electrons. The zero-order chi connectivity index (χ0) is 23.2. The van der Waals surface area contributed by atoms with Crippen molar-refractivity contribution in [2.24, 2.45) is 0 Å². The van der Waals surface area contributed by atoms with E-state index in [9.17, 15) is 14.7 Å². The molecule has 10 nitrogen and oxygen atoms in total. The number of carbonyl (C=O) groups is 2. The van der Waals surface area contributed by atoms with E-state index in [4.69, 9.17) is 0 Å². The molecule has 0 aliphatic carbocycles. The van der Waals surface area contributed by atoms with Crippen LogP contribution in [0.3, 0.4) is 0 Å². The molecule has 1 unspecified atom stereocenters. The van der Waals surface area contributed by atoms with E-state index in [0.717, 1.165) is 25.7 Å². The number of imidazole rings is 1. The second-order valence-electron chi connectivity index (χ2n) is 7.73. The minimum atomic E-state index is -0.894. The Balaban J connectivity index is 1.61. The first-order valence-corrected chi connectivity index (χ1v) is 10.9. The number of rotatable bonds is 10. The average Bonchev–Trinajstić information content (AvgIpc) is 3.50. The van der Waals surface area contributed by atoms with E-state index in [0.29, 0.717) is 34.4 Å². The number of carboxylic acids is 1. The molecule has 0 saturated heterocycles. The van der Waals surface area contributed by atoms with Crippen LogP contribution in [-0.4, -0.2) is 46.7 Å². The topological polar surface area (TPSA) is 128 Å². The standard InChI is InChI=1S/C23H25N7O3/c1-2-3-4-5-12-20(23(32)33)29-15-24-21-17(10-8-13-19(21)29)27-22(31)16-9-6-7-11-18(16)30-26-14-25-28-30/h6-11,13-15,20H,2-5,12H2,1H3,(H,27,31)(H,32,33). The van der Waals surface area contributed by atoms with Crippen LogP contribution in [0, 0.1) is 0 Å². The highest BCUT2D eigenvalue weighted by Crippen LogP contribution is 2.28. The molecule has 0 aliphatic rings. The van der Waals surface area contributed by atoms with Crippen molar-refractivity contribution in [2.75, 3.05) is 5.32 Å². The number of amides is 1. The number of fused-ring (bicyclic) bond motifs is 1. The fourth-order valence-corrected chi connectivity index (χ4v) is 3.86. The van der Waals surface area contributed by atoms with E-state index < -0.39 is 12.0 Å². The lowest BCUT2D eigenvalue weighted by atomic mass is 10.1. The molecule has 33 heavy (non-hydrogen) atoms. The van der Waals surface area contributed by atoms with Crippen molar-refractivity contribution in [1.29, 1.82) is 0 Å². The van der Waals surface area contributed by atoms with Crippen LogP contribution in [-0.2, 0) is 4.79 Å². The molecule has 4 rings (SSSR count). The summed E-state index contributed by atoms with van der Waals surface area (Å²) in [6.07, 6.45) is 7.34. The lowest BCUT2D eigenvalue weighted by molar-refractivity contribution is -0.141. The third-order valence-corrected chi connectivity index (χ3v) is 5.52. The number of nitrogens with zero attached hydrogens (tertiary/aromatic N) is 6. The Morgan fingerprint density at radius 2 is 1.94 bits per heavy atom. The van der Waals surface area contributed by atoms with Gasteiger partial charge in [-0.2, -0.15) is 0 Å². The van der Waals surface area contributed by atoms with Crippen LogP contribution >= 0.6 is 0 Å². The monoisotopic (exact) mass is 447 g/mol. The molecule has 1 atom stereocenters. The number of anilines is 1. The minimum absolute atomic E-state index is 0.362. The maximum atomic E-state index is 13.1. The number of carboxylic acid groups (broad SMARTS) is 1. The summed E-state index contributed by atoms with van der Waals surface area (Å²) in [6, 6.07) is 11.5. The van der Waals surface area contributed by atoms with Crippen LogP contribution in [0.25, 0.3) is 16.7 Å². The first-order valence-electron chi connectivity index (χ1n) is 10.9. The predicted octanol–water partition coefficient (Wildman–Crippen LogP) is 3.86. The summed E-state index contributed by atoms with van der Waals surface area (Å²) in [4.78, 5) is 30.8. The highest BCUT2D eigenvalue weighted by Gasteiger charge is 2.22. The van der Waals surface area contributed by atoms with Crippen molar-refractivity contribution in [3.05, 3.63) is 60.7 Å². The van der Waals surface area contributed by atoms with Gasteiger partial charge < -0.3 is 15.0 Å². The number of carbonyl (C=O) groups excluding carboxylic acids is 1. The molecule has 0 bridgehead atoms. The van der Waals surface area contributed by atoms with Crippen molar-refractivity contribution in [1.82, 2.24) is 29.8 Å². The van der Waals surface area contributed by atoms with Gasteiger partial charge in [0, 0.05) is 0 Å². The van der Waals surface area contributed by atoms with Crippen molar-refractivity contribution in [2.45, 2.75) is 45.1 Å². The largest absolute Gasteiger partial charge is 0.480 e. The van der Waals surface area contributed by atoms with Crippen molar-refractivity contribution in [3.63, 3.8) is 0 Å². The van der Waals surface area contributed by atoms with Crippen LogP contribution < -0.4 is 5.32 Å². The molecule has 2 N–H and O–H groups in total. The van der Waals surface area contributed by atoms with E-state index in [1.807, 2.05) is 6.07 Å². The molecule has 0 saturated carbocycles. The number of para-hydroxylation sites is 2. The van der Waals surface area contributed by atoms with E-state index >= 15 is 0 Å². The van der Waals surface area contributed by atoms with Gasteiger partial charge in [-0.15, -0.1) is 15.0 Å². The van der Waals surface area contributed by atoms with Crippen molar-refractivity contribution in [3.8, 4) is 5.69 Å². The first kappa shape index (κ1) is 22.1. The number of unbranched alkanes of at least 4 members (excludes halogenated alkanes) is 3. The number of hydrogen-bond acceptors (Lipinski definition) is 6. The molecular weight excluding hydrogens is 422 g/mol. The van der Waals surface area contributed by atoms with E-state index in [1.54, 1.807) is 41.0 Å². The number of nitrogens with one attached hydrogen (secondary N) is 1. The van der Waals surface area contributed by atoms with Crippen LogP contribution in [0.5, 0.6) is 0 Å². The van der Waals surface area contributed by atoms with Crippen molar-refractivity contribution < 1.29 is 14.7 Å². The summed E-state index contributed by atoms with van der Waals surface area (Å²) < 4.78 is 1.67. The average molecular weight is 447 g/mol. The Morgan fingerprint density at radius 3 is 2.70 bits per heavy atom. The Hall–Kier alpha value is -4.08. The summed E-state index contributed by atoms with van der Waals surface area (Å²) in [5.74, 6) is -1.26. The molecule has 2 aromatic carbocycles. The number of hydrogen-bond donors (Lipinski definition) is 2. The van der Waals surface area contributed by atoms with E-state index in [-0.39, 0.29) is 5.91 Å². The zero-order valence-electron chi connectivity index (χ0n) is 18.3. The second kappa shape index (κ2) is 10.0. The third kappa shape index (κ3) is 4.74. The fourth-order valence-electron chi connectivity index (χ4n) is 3.86. The van der Waals surface area contributed by atoms with Gasteiger partial charge in [-0.25, -0.2) is 9.78 Å². The Bertz CT molecular complexity index is 1250. The molecule has 0 aliphatic heterocycles. The molecule has 2 heterocycles. The predicted molar refractivity (Wildman–Crippen MR) is 122 cm³/mol. The quantitative estimate of drug-likeness (QED) is 0.353. The molecule has 10 heteroatoms. The molecular formula is C23H25N7O3. The highest BCUT2D eigenvalue weighted by molar-refractivity contribution is 6.09. The summed E-state index contributed by atoms with van der Waals surface area (Å²) >= 11 is 0. The van der Waals surface area contributed by atoms with Gasteiger partial charge in [-0.1, -0.05) is 50.8 Å². The van der Waals surface area contributed by atoms with Gasteiger partial charge in [0.15, 0.2) is 6.33 Å².